The second-order valence-corrected chi connectivity index (χ2v) is 9.94. The summed E-state index contributed by atoms with van der Waals surface area (Å²) in [5, 5.41) is 0. The first kappa shape index (κ1) is 10.6. The fourth-order valence-electron chi connectivity index (χ4n) is 2.58. The van der Waals surface area contributed by atoms with Crippen molar-refractivity contribution in [3.8, 4) is 0 Å². The molecule has 1 atom stereocenters. The minimum Gasteiger partial charge on any atom is -0.235 e. The van der Waals surface area contributed by atoms with E-state index in [1.807, 2.05) is 0 Å². The van der Waals surface area contributed by atoms with Crippen molar-refractivity contribution >= 4 is 32.9 Å². The van der Waals surface area contributed by atoms with Gasteiger partial charge in [0.05, 0.1) is 0 Å². The van der Waals surface area contributed by atoms with Crippen LogP contribution in [0.25, 0.3) is 0 Å². The molecule has 2 aliphatic heterocycles. The maximum atomic E-state index is 2.61. The molecule has 0 saturated carbocycles. The smallest absolute Gasteiger partial charge is 0.0389 e. The third-order valence-corrected chi connectivity index (χ3v) is 9.16. The van der Waals surface area contributed by atoms with Crippen molar-refractivity contribution in [3.63, 3.8) is 0 Å². The molecule has 2 rings (SSSR count). The maximum Gasteiger partial charge on any atom is 0.0389 e. The SMILES string of the molecule is CC(C)C1CS2(CCCC2)CN1I. The molecule has 0 amide bonds. The maximum absolute atomic E-state index is 2.61. The van der Waals surface area contributed by atoms with Gasteiger partial charge in [0.15, 0.2) is 0 Å². The van der Waals surface area contributed by atoms with Gasteiger partial charge in [-0.15, -0.1) is 0 Å². The number of rotatable bonds is 1. The van der Waals surface area contributed by atoms with Gasteiger partial charge < -0.3 is 0 Å². The lowest BCUT2D eigenvalue weighted by Crippen LogP contribution is -2.26. The van der Waals surface area contributed by atoms with Crippen molar-refractivity contribution in [2.75, 3.05) is 23.1 Å². The van der Waals surface area contributed by atoms with Crippen molar-refractivity contribution in [1.82, 2.24) is 3.11 Å². The van der Waals surface area contributed by atoms with E-state index in [2.05, 4.69) is 39.8 Å². The van der Waals surface area contributed by atoms with E-state index in [0.717, 1.165) is 12.0 Å². The van der Waals surface area contributed by atoms with Crippen molar-refractivity contribution < 1.29 is 0 Å². The summed E-state index contributed by atoms with van der Waals surface area (Å²) in [6.45, 7) is 4.76. The molecule has 2 aliphatic rings. The van der Waals surface area contributed by atoms with Crippen molar-refractivity contribution in [1.29, 1.82) is 0 Å². The van der Waals surface area contributed by atoms with Crippen LogP contribution >= 0.6 is 32.9 Å². The largest absolute Gasteiger partial charge is 0.235 e. The number of nitrogens with zero attached hydrogens (tertiary/aromatic N) is 1. The Morgan fingerprint density at radius 2 is 1.92 bits per heavy atom. The molecule has 0 aromatic rings. The fourth-order valence-corrected chi connectivity index (χ4v) is 10.0. The van der Waals surface area contributed by atoms with Crippen LogP contribution in [0.3, 0.4) is 0 Å². The number of hydrogen-bond donors (Lipinski definition) is 0. The van der Waals surface area contributed by atoms with Crippen LogP contribution in [0, 0.1) is 5.92 Å². The van der Waals surface area contributed by atoms with Crippen LogP contribution in [0.1, 0.15) is 26.7 Å². The molecule has 0 aromatic carbocycles. The van der Waals surface area contributed by atoms with Gasteiger partial charge in [0, 0.05) is 34.8 Å². The molecule has 78 valence electrons. The molecule has 1 unspecified atom stereocenters. The Morgan fingerprint density at radius 3 is 2.38 bits per heavy atom. The van der Waals surface area contributed by atoms with Crippen molar-refractivity contribution in [2.45, 2.75) is 32.7 Å². The minimum absolute atomic E-state index is 0.151. The van der Waals surface area contributed by atoms with Gasteiger partial charge in [-0.25, -0.2) is 13.1 Å². The second kappa shape index (κ2) is 3.89. The first-order valence-electron chi connectivity index (χ1n) is 5.29. The zero-order chi connectivity index (χ0) is 9.47. The van der Waals surface area contributed by atoms with E-state index in [0.29, 0.717) is 0 Å². The predicted molar refractivity (Wildman–Crippen MR) is 70.8 cm³/mol. The van der Waals surface area contributed by atoms with E-state index in [4.69, 9.17) is 0 Å². The van der Waals surface area contributed by atoms with Crippen LogP contribution in [0.2, 0.25) is 0 Å². The standard InChI is InChI=1S/C10H20INS/c1-9(2)10-7-13(8-12(10)11)5-3-4-6-13/h9-10H,3-8H2,1-2H3. The summed E-state index contributed by atoms with van der Waals surface area (Å²) in [5.41, 5.74) is 0. The lowest BCUT2D eigenvalue weighted by molar-refractivity contribution is 0.379. The second-order valence-electron chi connectivity index (χ2n) is 4.85. The normalized spacial score (nSPS) is 36.2. The molecule has 0 radical (unpaired) electrons. The lowest BCUT2D eigenvalue weighted by Gasteiger charge is -2.29. The van der Waals surface area contributed by atoms with Gasteiger partial charge in [0.2, 0.25) is 0 Å². The lowest BCUT2D eigenvalue weighted by atomic mass is 10.1. The van der Waals surface area contributed by atoms with Gasteiger partial charge in [-0.1, -0.05) is 13.8 Å². The van der Waals surface area contributed by atoms with E-state index in [9.17, 15) is 0 Å². The third kappa shape index (κ3) is 2.02. The molecule has 1 spiro atoms. The van der Waals surface area contributed by atoms with E-state index in [1.165, 1.54) is 18.7 Å². The molecular weight excluding hydrogens is 293 g/mol. The van der Waals surface area contributed by atoms with E-state index < -0.39 is 0 Å². The molecule has 0 aromatic heterocycles. The van der Waals surface area contributed by atoms with Crippen LogP contribution in [0.15, 0.2) is 0 Å². The van der Waals surface area contributed by atoms with Gasteiger partial charge in [-0.05, 0) is 36.0 Å². The highest BCUT2D eigenvalue weighted by atomic mass is 127. The Kier molecular flexibility index (Phi) is 3.16. The van der Waals surface area contributed by atoms with Gasteiger partial charge in [0.1, 0.15) is 0 Å². The van der Waals surface area contributed by atoms with E-state index in [1.54, 1.807) is 17.3 Å². The van der Waals surface area contributed by atoms with Crippen LogP contribution < -0.4 is 0 Å². The number of hydrogen-bond acceptors (Lipinski definition) is 1. The Morgan fingerprint density at radius 1 is 1.31 bits per heavy atom. The topological polar surface area (TPSA) is 3.24 Å². The third-order valence-electron chi connectivity index (χ3n) is 3.46. The summed E-state index contributed by atoms with van der Waals surface area (Å²) in [6, 6.07) is 0.883. The molecule has 0 N–H and O–H groups in total. The highest BCUT2D eigenvalue weighted by Gasteiger charge is 2.41. The molecule has 2 heterocycles. The molecule has 13 heavy (non-hydrogen) atoms. The summed E-state index contributed by atoms with van der Waals surface area (Å²) in [7, 11) is -0.151. The monoisotopic (exact) mass is 313 g/mol. The average molecular weight is 313 g/mol. The minimum atomic E-state index is -0.151. The summed E-state index contributed by atoms with van der Waals surface area (Å²) >= 11 is 2.56. The number of halogens is 1. The van der Waals surface area contributed by atoms with Gasteiger partial charge in [-0.2, -0.15) is 0 Å². The van der Waals surface area contributed by atoms with E-state index in [-0.39, 0.29) is 10.0 Å². The Hall–Kier alpha value is 1.04. The molecule has 1 nitrogen and oxygen atoms in total. The Bertz CT molecular complexity index is 189. The molecule has 2 fully saturated rings. The molecule has 0 aliphatic carbocycles. The van der Waals surface area contributed by atoms with Crippen LogP contribution in [0.4, 0.5) is 0 Å². The summed E-state index contributed by atoms with van der Waals surface area (Å²) in [5.74, 6) is 7.00. The van der Waals surface area contributed by atoms with Gasteiger partial charge >= 0.3 is 0 Å². The van der Waals surface area contributed by atoms with Crippen LogP contribution in [-0.4, -0.2) is 32.3 Å². The zero-order valence-corrected chi connectivity index (χ0v) is 11.6. The van der Waals surface area contributed by atoms with Crippen molar-refractivity contribution in [2.24, 2.45) is 5.92 Å². The Balaban J connectivity index is 2.05. The highest BCUT2D eigenvalue weighted by molar-refractivity contribution is 14.1. The average Bonchev–Trinajstić information content (AvgIpc) is 2.60. The molecule has 3 heteroatoms. The molecule has 0 bridgehead atoms. The quantitative estimate of drug-likeness (QED) is 0.531. The summed E-state index contributed by atoms with van der Waals surface area (Å²) in [4.78, 5) is 0. The predicted octanol–water partition coefficient (Wildman–Crippen LogP) is 3.23. The van der Waals surface area contributed by atoms with Gasteiger partial charge in [0.25, 0.3) is 0 Å². The molecular formula is C10H20INS. The van der Waals surface area contributed by atoms with Crippen molar-refractivity contribution in [3.05, 3.63) is 0 Å². The summed E-state index contributed by atoms with van der Waals surface area (Å²) < 4.78 is 2.61. The van der Waals surface area contributed by atoms with Gasteiger partial charge in [-0.3, -0.25) is 0 Å². The first-order chi connectivity index (χ1) is 6.13. The van der Waals surface area contributed by atoms with Crippen LogP contribution in [0.5, 0.6) is 0 Å². The Labute approximate surface area is 97.4 Å². The first-order valence-corrected chi connectivity index (χ1v) is 8.57. The zero-order valence-electron chi connectivity index (χ0n) is 8.63. The molecule has 2 saturated heterocycles. The fraction of sp³-hybridized carbons (Fsp3) is 1.00. The summed E-state index contributed by atoms with van der Waals surface area (Å²) in [6.07, 6.45) is 3.04. The van der Waals surface area contributed by atoms with E-state index >= 15 is 0 Å². The highest BCUT2D eigenvalue weighted by Crippen LogP contribution is 2.60. The van der Waals surface area contributed by atoms with Crippen LogP contribution in [-0.2, 0) is 0 Å².